The Morgan fingerprint density at radius 1 is 1.03 bits per heavy atom. The van der Waals surface area contributed by atoms with Crippen molar-refractivity contribution in [1.29, 1.82) is 0 Å². The number of aliphatic hydroxyl groups excluding tert-OH is 2. The highest BCUT2D eigenvalue weighted by atomic mass is 16.6. The van der Waals surface area contributed by atoms with Gasteiger partial charge in [0, 0.05) is 12.6 Å². The van der Waals surface area contributed by atoms with Crippen molar-refractivity contribution in [2.24, 2.45) is 0 Å². The summed E-state index contributed by atoms with van der Waals surface area (Å²) in [6, 6.07) is 0. The first-order valence-corrected chi connectivity index (χ1v) is 10.7. The molecule has 1 amide bonds. The molecule has 0 aromatic carbocycles. The van der Waals surface area contributed by atoms with Crippen molar-refractivity contribution >= 4 is 5.91 Å². The zero-order chi connectivity index (χ0) is 21.2. The van der Waals surface area contributed by atoms with E-state index in [4.69, 9.17) is 9.84 Å². The van der Waals surface area contributed by atoms with Gasteiger partial charge < -0.3 is 20.3 Å². The lowest BCUT2D eigenvalue weighted by Gasteiger charge is -2.05. The number of nitrogens with one attached hydrogen (secondary N) is 1. The van der Waals surface area contributed by atoms with Crippen molar-refractivity contribution in [1.82, 2.24) is 5.32 Å². The summed E-state index contributed by atoms with van der Waals surface area (Å²) >= 11 is 0. The average Bonchev–Trinajstić information content (AvgIpc) is 3.49. The Kier molecular flexibility index (Phi) is 14.7. The van der Waals surface area contributed by atoms with Crippen LogP contribution in [0, 0.1) is 0 Å². The molecule has 0 bridgehead atoms. The van der Waals surface area contributed by atoms with Crippen LogP contribution in [-0.2, 0) is 9.53 Å². The Balaban J connectivity index is 2.03. The molecule has 3 atom stereocenters. The number of hydrogen-bond donors (Lipinski definition) is 3. The maximum Gasteiger partial charge on any atom is 0.244 e. The Labute approximate surface area is 175 Å². The van der Waals surface area contributed by atoms with Gasteiger partial charge in [0.25, 0.3) is 0 Å². The lowest BCUT2D eigenvalue weighted by Crippen LogP contribution is -2.24. The number of hydrogen-bond acceptors (Lipinski definition) is 4. The Bertz CT molecular complexity index is 577. The van der Waals surface area contributed by atoms with Crippen molar-refractivity contribution in [2.45, 2.75) is 70.2 Å². The van der Waals surface area contributed by atoms with E-state index < -0.39 is 0 Å². The number of aliphatic hydroxyl groups is 2. The van der Waals surface area contributed by atoms with E-state index in [1.165, 1.54) is 25.3 Å². The highest BCUT2D eigenvalue weighted by Gasteiger charge is 2.42. The molecule has 1 rings (SSSR count). The molecule has 1 aliphatic heterocycles. The van der Waals surface area contributed by atoms with Gasteiger partial charge in [-0.3, -0.25) is 4.79 Å². The first kappa shape index (κ1) is 25.1. The Morgan fingerprint density at radius 3 is 2.41 bits per heavy atom. The predicted octanol–water partition coefficient (Wildman–Crippen LogP) is 3.75. The number of allylic oxidation sites excluding steroid dienone is 9. The summed E-state index contributed by atoms with van der Waals surface area (Å²) in [6.07, 6.45) is 25.9. The van der Waals surface area contributed by atoms with E-state index in [0.29, 0.717) is 0 Å². The van der Waals surface area contributed by atoms with E-state index in [-0.39, 0.29) is 37.4 Å². The van der Waals surface area contributed by atoms with Crippen molar-refractivity contribution in [3.8, 4) is 0 Å². The minimum Gasteiger partial charge on any atom is -0.395 e. The molecule has 5 nitrogen and oxygen atoms in total. The Hall–Kier alpha value is -1.95. The average molecular weight is 404 g/mol. The van der Waals surface area contributed by atoms with Crippen LogP contribution in [0.15, 0.2) is 60.8 Å². The van der Waals surface area contributed by atoms with Crippen molar-refractivity contribution in [2.75, 3.05) is 13.2 Å². The lowest BCUT2D eigenvalue weighted by atomic mass is 10.0. The number of carbonyl (C=O) groups is 1. The van der Waals surface area contributed by atoms with E-state index >= 15 is 0 Å². The second-order valence-electron chi connectivity index (χ2n) is 7.09. The third kappa shape index (κ3) is 13.8. The van der Waals surface area contributed by atoms with Crippen LogP contribution in [-0.4, -0.2) is 47.6 Å². The van der Waals surface area contributed by atoms with Crippen LogP contribution < -0.4 is 5.32 Å². The summed E-state index contributed by atoms with van der Waals surface area (Å²) in [5, 5.41) is 21.2. The van der Waals surface area contributed by atoms with E-state index in [0.717, 1.165) is 25.7 Å². The standard InChI is InChI=1S/C24H37NO4/c1-2-3-13-17-22-24(29-22)21(27)16-14-11-9-7-5-4-6-8-10-12-15-18-23(28)25-19-20-26/h4-10,12,15,18,21-22,24,26-27H,2-3,11,13-14,16-17,19-20H2,1H3,(H,25,28). The minimum absolute atomic E-state index is 0.0596. The summed E-state index contributed by atoms with van der Waals surface area (Å²) in [5.74, 6) is -0.221. The molecular formula is C24H37NO4. The summed E-state index contributed by atoms with van der Waals surface area (Å²) in [6.45, 7) is 2.40. The van der Waals surface area contributed by atoms with Gasteiger partial charge in [-0.1, -0.05) is 80.9 Å². The minimum atomic E-state index is -0.324. The van der Waals surface area contributed by atoms with Gasteiger partial charge in [-0.2, -0.15) is 0 Å². The lowest BCUT2D eigenvalue weighted by molar-refractivity contribution is -0.116. The number of epoxide rings is 1. The third-order valence-electron chi connectivity index (χ3n) is 4.54. The monoisotopic (exact) mass is 403 g/mol. The number of ether oxygens (including phenoxy) is 1. The van der Waals surface area contributed by atoms with Crippen LogP contribution in [0.4, 0.5) is 0 Å². The normalized spacial score (nSPS) is 20.7. The molecule has 0 aromatic heterocycles. The van der Waals surface area contributed by atoms with Gasteiger partial charge >= 0.3 is 0 Å². The highest BCUT2D eigenvalue weighted by Crippen LogP contribution is 2.31. The van der Waals surface area contributed by atoms with Gasteiger partial charge in [0.1, 0.15) is 6.10 Å². The quantitative estimate of drug-likeness (QED) is 0.159. The van der Waals surface area contributed by atoms with Crippen LogP contribution >= 0.6 is 0 Å². The molecule has 3 unspecified atom stereocenters. The molecule has 0 spiro atoms. The molecule has 1 heterocycles. The molecule has 0 aromatic rings. The third-order valence-corrected chi connectivity index (χ3v) is 4.54. The van der Waals surface area contributed by atoms with Gasteiger partial charge in [-0.25, -0.2) is 0 Å². The molecule has 1 saturated heterocycles. The second kappa shape index (κ2) is 17.0. The fourth-order valence-corrected chi connectivity index (χ4v) is 2.87. The van der Waals surface area contributed by atoms with Crippen LogP contribution in [0.25, 0.3) is 0 Å². The van der Waals surface area contributed by atoms with E-state index in [2.05, 4.69) is 18.3 Å². The van der Waals surface area contributed by atoms with Gasteiger partial charge in [0.05, 0.1) is 18.8 Å². The number of carbonyl (C=O) groups excluding carboxylic acids is 1. The fraction of sp³-hybridized carbons (Fsp3) is 0.542. The zero-order valence-electron chi connectivity index (χ0n) is 17.6. The number of rotatable bonds is 16. The molecule has 162 valence electrons. The zero-order valence-corrected chi connectivity index (χ0v) is 17.6. The van der Waals surface area contributed by atoms with Gasteiger partial charge in [-0.05, 0) is 25.7 Å². The molecule has 5 heteroatoms. The summed E-state index contributed by atoms with van der Waals surface area (Å²) in [7, 11) is 0. The molecule has 29 heavy (non-hydrogen) atoms. The van der Waals surface area contributed by atoms with E-state index in [9.17, 15) is 9.90 Å². The van der Waals surface area contributed by atoms with Crippen LogP contribution in [0.5, 0.6) is 0 Å². The number of unbranched alkanes of at least 4 members (excludes halogenated alkanes) is 3. The molecule has 0 aliphatic carbocycles. The first-order chi connectivity index (χ1) is 14.2. The van der Waals surface area contributed by atoms with Crippen LogP contribution in [0.3, 0.4) is 0 Å². The smallest absolute Gasteiger partial charge is 0.244 e. The van der Waals surface area contributed by atoms with Crippen molar-refractivity contribution < 1.29 is 19.7 Å². The van der Waals surface area contributed by atoms with Crippen LogP contribution in [0.1, 0.15) is 51.9 Å². The molecular weight excluding hydrogens is 366 g/mol. The van der Waals surface area contributed by atoms with E-state index in [1.807, 2.05) is 36.5 Å². The highest BCUT2D eigenvalue weighted by molar-refractivity contribution is 5.87. The van der Waals surface area contributed by atoms with Gasteiger partial charge in [-0.15, -0.1) is 0 Å². The van der Waals surface area contributed by atoms with Crippen LogP contribution in [0.2, 0.25) is 0 Å². The number of amides is 1. The maximum absolute atomic E-state index is 11.2. The SMILES string of the molecule is CCCCCC1OC1C(O)CCCC=CC=CC=CC=CC=CC(=O)NCCO. The summed E-state index contributed by atoms with van der Waals surface area (Å²) < 4.78 is 5.58. The van der Waals surface area contributed by atoms with Crippen molar-refractivity contribution in [3.63, 3.8) is 0 Å². The maximum atomic E-state index is 11.2. The molecule has 0 radical (unpaired) electrons. The Morgan fingerprint density at radius 2 is 1.72 bits per heavy atom. The molecule has 0 saturated carbocycles. The molecule has 3 N–H and O–H groups in total. The fourth-order valence-electron chi connectivity index (χ4n) is 2.87. The predicted molar refractivity (Wildman–Crippen MR) is 118 cm³/mol. The largest absolute Gasteiger partial charge is 0.395 e. The second-order valence-corrected chi connectivity index (χ2v) is 7.09. The van der Waals surface area contributed by atoms with Gasteiger partial charge in [0.2, 0.25) is 5.91 Å². The first-order valence-electron chi connectivity index (χ1n) is 10.7. The molecule has 1 aliphatic rings. The van der Waals surface area contributed by atoms with Gasteiger partial charge in [0.15, 0.2) is 0 Å². The summed E-state index contributed by atoms with van der Waals surface area (Å²) in [5.41, 5.74) is 0. The van der Waals surface area contributed by atoms with Crippen molar-refractivity contribution in [3.05, 3.63) is 60.8 Å². The molecule has 1 fully saturated rings. The summed E-state index contributed by atoms with van der Waals surface area (Å²) in [4.78, 5) is 11.2. The topological polar surface area (TPSA) is 82.1 Å². The van der Waals surface area contributed by atoms with E-state index in [1.54, 1.807) is 12.2 Å².